The highest BCUT2D eigenvalue weighted by atomic mass is 79.9. The molecule has 0 radical (unpaired) electrons. The van der Waals surface area contributed by atoms with E-state index in [1.807, 2.05) is 61.7 Å². The van der Waals surface area contributed by atoms with Gasteiger partial charge in [-0.25, -0.2) is 0 Å². The van der Waals surface area contributed by atoms with Crippen LogP contribution in [0.15, 0.2) is 46.0 Å². The van der Waals surface area contributed by atoms with Gasteiger partial charge >= 0.3 is 0 Å². The summed E-state index contributed by atoms with van der Waals surface area (Å²) in [6.45, 7) is 6.77. The highest BCUT2D eigenvalue weighted by Crippen LogP contribution is 2.27. The quantitative estimate of drug-likeness (QED) is 0.483. The molecule has 3 aromatic rings. The van der Waals surface area contributed by atoms with Crippen LogP contribution in [0.4, 0.5) is 5.69 Å². The lowest BCUT2D eigenvalue weighted by Crippen LogP contribution is -2.15. The van der Waals surface area contributed by atoms with Crippen LogP contribution in [0, 0.1) is 13.8 Å². The number of aromatic nitrogens is 3. The number of amides is 1. The number of halogens is 1. The van der Waals surface area contributed by atoms with Crippen molar-refractivity contribution in [3.63, 3.8) is 0 Å². The van der Waals surface area contributed by atoms with Crippen LogP contribution < -0.4 is 10.1 Å². The largest absolute Gasteiger partial charge is 0.497 e. The summed E-state index contributed by atoms with van der Waals surface area (Å²) in [6.07, 6.45) is 0. The van der Waals surface area contributed by atoms with Crippen molar-refractivity contribution in [2.45, 2.75) is 32.5 Å². The Morgan fingerprint density at radius 2 is 1.86 bits per heavy atom. The van der Waals surface area contributed by atoms with E-state index in [-0.39, 0.29) is 11.7 Å². The summed E-state index contributed by atoms with van der Waals surface area (Å²) in [5, 5.41) is 12.3. The van der Waals surface area contributed by atoms with E-state index in [1.165, 1.54) is 11.8 Å². The molecule has 6 nitrogen and oxygen atoms in total. The molecule has 1 amide bonds. The molecule has 0 spiro atoms. The van der Waals surface area contributed by atoms with E-state index in [9.17, 15) is 4.79 Å². The molecule has 0 unspecified atom stereocenters. The number of nitrogens with one attached hydrogen (secondary N) is 1. The Hall–Kier alpha value is -2.32. The van der Waals surface area contributed by atoms with Crippen molar-refractivity contribution in [2.75, 3.05) is 18.2 Å². The van der Waals surface area contributed by atoms with Crippen molar-refractivity contribution in [1.29, 1.82) is 0 Å². The van der Waals surface area contributed by atoms with Crippen LogP contribution in [0.25, 0.3) is 11.4 Å². The summed E-state index contributed by atoms with van der Waals surface area (Å²) >= 11 is 4.89. The molecular weight excluding hydrogens is 452 g/mol. The second-order valence-corrected chi connectivity index (χ2v) is 8.26. The minimum absolute atomic E-state index is 0.0727. The van der Waals surface area contributed by atoms with Gasteiger partial charge in [0.05, 0.1) is 12.9 Å². The third kappa shape index (κ3) is 4.82. The second-order valence-electron chi connectivity index (χ2n) is 6.46. The van der Waals surface area contributed by atoms with E-state index in [2.05, 4.69) is 31.4 Å². The SMILES string of the molecule is CCn1c(SCC(=O)Nc2ccc(Br)c(C)c2C)nnc1-c1ccc(OC)cc1. The van der Waals surface area contributed by atoms with Gasteiger partial charge < -0.3 is 14.6 Å². The summed E-state index contributed by atoms with van der Waals surface area (Å²) in [6, 6.07) is 11.6. The fraction of sp³-hybridized carbons (Fsp3) is 0.286. The summed E-state index contributed by atoms with van der Waals surface area (Å²) < 4.78 is 8.25. The van der Waals surface area contributed by atoms with Gasteiger partial charge in [0.25, 0.3) is 0 Å². The minimum Gasteiger partial charge on any atom is -0.497 e. The van der Waals surface area contributed by atoms with Crippen LogP contribution in [0.1, 0.15) is 18.1 Å². The average molecular weight is 475 g/mol. The van der Waals surface area contributed by atoms with Crippen LogP contribution in [-0.2, 0) is 11.3 Å². The number of hydrogen-bond acceptors (Lipinski definition) is 5. The molecule has 0 atom stereocenters. The number of hydrogen-bond donors (Lipinski definition) is 1. The fourth-order valence-corrected chi connectivity index (χ4v) is 4.11. The summed E-state index contributed by atoms with van der Waals surface area (Å²) in [5.41, 5.74) is 3.95. The third-order valence-electron chi connectivity index (χ3n) is 4.71. The molecular formula is C21H23BrN4O2S. The Balaban J connectivity index is 1.70. The molecule has 0 aliphatic carbocycles. The van der Waals surface area contributed by atoms with E-state index >= 15 is 0 Å². The van der Waals surface area contributed by atoms with Crippen LogP contribution in [0.2, 0.25) is 0 Å². The normalized spacial score (nSPS) is 10.8. The Bertz CT molecular complexity index is 1020. The number of carbonyl (C=O) groups excluding carboxylic acids is 1. The third-order valence-corrected chi connectivity index (χ3v) is 6.53. The summed E-state index contributed by atoms with van der Waals surface area (Å²) in [7, 11) is 1.64. The first-order valence-corrected chi connectivity index (χ1v) is 11.0. The van der Waals surface area contributed by atoms with Gasteiger partial charge in [-0.05, 0) is 68.3 Å². The van der Waals surface area contributed by atoms with Gasteiger partial charge in [0.15, 0.2) is 11.0 Å². The minimum atomic E-state index is -0.0727. The number of anilines is 1. The van der Waals surface area contributed by atoms with Crippen LogP contribution in [0.5, 0.6) is 5.75 Å². The number of methoxy groups -OCH3 is 1. The first-order chi connectivity index (χ1) is 13.9. The zero-order chi connectivity index (χ0) is 21.0. The van der Waals surface area contributed by atoms with Crippen molar-refractivity contribution in [3.05, 3.63) is 52.0 Å². The van der Waals surface area contributed by atoms with Gasteiger partial charge in [0, 0.05) is 22.3 Å². The molecule has 0 aliphatic heterocycles. The molecule has 29 heavy (non-hydrogen) atoms. The van der Waals surface area contributed by atoms with E-state index in [0.717, 1.165) is 43.6 Å². The molecule has 0 aliphatic rings. The number of benzene rings is 2. The zero-order valence-corrected chi connectivity index (χ0v) is 19.2. The molecule has 152 valence electrons. The number of carbonyl (C=O) groups is 1. The van der Waals surface area contributed by atoms with Gasteiger partial charge in [-0.1, -0.05) is 27.7 Å². The van der Waals surface area contributed by atoms with Crippen molar-refractivity contribution in [1.82, 2.24) is 14.8 Å². The highest BCUT2D eigenvalue weighted by molar-refractivity contribution is 9.10. The number of rotatable bonds is 7. The Morgan fingerprint density at radius 1 is 1.14 bits per heavy atom. The molecule has 0 saturated carbocycles. The van der Waals surface area contributed by atoms with Crippen LogP contribution in [-0.4, -0.2) is 33.5 Å². The smallest absolute Gasteiger partial charge is 0.234 e. The average Bonchev–Trinajstić information content (AvgIpc) is 3.15. The molecule has 1 aromatic heterocycles. The van der Waals surface area contributed by atoms with Gasteiger partial charge in [-0.2, -0.15) is 0 Å². The van der Waals surface area contributed by atoms with E-state index in [4.69, 9.17) is 4.74 Å². The lowest BCUT2D eigenvalue weighted by molar-refractivity contribution is -0.113. The zero-order valence-electron chi connectivity index (χ0n) is 16.8. The van der Waals surface area contributed by atoms with E-state index < -0.39 is 0 Å². The van der Waals surface area contributed by atoms with E-state index in [1.54, 1.807) is 7.11 Å². The molecule has 0 fully saturated rings. The van der Waals surface area contributed by atoms with E-state index in [0.29, 0.717) is 6.54 Å². The van der Waals surface area contributed by atoms with Crippen molar-refractivity contribution in [2.24, 2.45) is 0 Å². The standard InChI is InChI=1S/C21H23BrN4O2S/c1-5-26-20(15-6-8-16(28-4)9-7-15)24-25-21(26)29-12-19(27)23-18-11-10-17(22)13(2)14(18)3/h6-11H,5,12H2,1-4H3,(H,23,27). The molecule has 0 bridgehead atoms. The van der Waals surface area contributed by atoms with Crippen molar-refractivity contribution in [3.8, 4) is 17.1 Å². The Labute approximate surface area is 183 Å². The van der Waals surface area contributed by atoms with Crippen LogP contribution in [0.3, 0.4) is 0 Å². The lowest BCUT2D eigenvalue weighted by Gasteiger charge is -2.12. The first kappa shape index (κ1) is 21.4. The molecule has 1 N–H and O–H groups in total. The van der Waals surface area contributed by atoms with Crippen molar-refractivity contribution >= 4 is 39.3 Å². The van der Waals surface area contributed by atoms with Gasteiger partial charge in [0.1, 0.15) is 5.75 Å². The first-order valence-electron chi connectivity index (χ1n) is 9.20. The maximum Gasteiger partial charge on any atom is 0.234 e. The monoisotopic (exact) mass is 474 g/mol. The number of ether oxygens (including phenoxy) is 1. The number of nitrogens with zero attached hydrogens (tertiary/aromatic N) is 3. The molecule has 3 rings (SSSR count). The Kier molecular flexibility index (Phi) is 6.97. The summed E-state index contributed by atoms with van der Waals surface area (Å²) in [4.78, 5) is 12.5. The van der Waals surface area contributed by atoms with Gasteiger partial charge in [-0.15, -0.1) is 10.2 Å². The lowest BCUT2D eigenvalue weighted by atomic mass is 10.1. The molecule has 8 heteroatoms. The fourth-order valence-electron chi connectivity index (χ4n) is 2.87. The van der Waals surface area contributed by atoms with Gasteiger partial charge in [0.2, 0.25) is 5.91 Å². The Morgan fingerprint density at radius 3 is 2.52 bits per heavy atom. The number of thioether (sulfide) groups is 1. The maximum atomic E-state index is 12.5. The van der Waals surface area contributed by atoms with Crippen LogP contribution >= 0.6 is 27.7 Å². The topological polar surface area (TPSA) is 69.0 Å². The van der Waals surface area contributed by atoms with Gasteiger partial charge in [-0.3, -0.25) is 4.79 Å². The predicted molar refractivity (Wildman–Crippen MR) is 121 cm³/mol. The summed E-state index contributed by atoms with van der Waals surface area (Å²) in [5.74, 6) is 1.75. The predicted octanol–water partition coefficient (Wildman–Crippen LogP) is 5.08. The molecule has 0 saturated heterocycles. The second kappa shape index (κ2) is 9.45. The molecule has 1 heterocycles. The maximum absolute atomic E-state index is 12.5. The highest BCUT2D eigenvalue weighted by Gasteiger charge is 2.15. The molecule has 2 aromatic carbocycles. The van der Waals surface area contributed by atoms with Crippen molar-refractivity contribution < 1.29 is 9.53 Å².